The van der Waals surface area contributed by atoms with E-state index in [9.17, 15) is 18.0 Å². The highest BCUT2D eigenvalue weighted by molar-refractivity contribution is 6.10. The van der Waals surface area contributed by atoms with Crippen molar-refractivity contribution in [2.24, 2.45) is 0 Å². The maximum Gasteiger partial charge on any atom is 0.199 e. The van der Waals surface area contributed by atoms with Gasteiger partial charge in [-0.05, 0) is 49.2 Å². The summed E-state index contributed by atoms with van der Waals surface area (Å²) in [6.07, 6.45) is 0. The predicted octanol–water partition coefficient (Wildman–Crippen LogP) is 3.53. The molecule has 0 fully saturated rings. The second-order valence-corrected chi connectivity index (χ2v) is 4.61. The van der Waals surface area contributed by atoms with Gasteiger partial charge in [0, 0.05) is 5.69 Å². The molecule has 2 nitrogen and oxygen atoms in total. The molecule has 0 heterocycles. The molecule has 0 radical (unpaired) electrons. The van der Waals surface area contributed by atoms with E-state index < -0.39 is 28.8 Å². The number of anilines is 1. The third kappa shape index (κ3) is 2.39. The van der Waals surface area contributed by atoms with E-state index in [2.05, 4.69) is 0 Å². The lowest BCUT2D eigenvalue weighted by Gasteiger charge is -2.08. The number of nitrogens with two attached hydrogens (primary N) is 1. The van der Waals surface area contributed by atoms with E-state index in [-0.39, 0.29) is 22.4 Å². The number of carbonyl (C=O) groups excluding carboxylic acids is 1. The number of ketones is 1. The van der Waals surface area contributed by atoms with Crippen molar-refractivity contribution in [3.63, 3.8) is 0 Å². The first-order valence-corrected chi connectivity index (χ1v) is 5.87. The summed E-state index contributed by atoms with van der Waals surface area (Å²) >= 11 is 0. The zero-order valence-corrected chi connectivity index (χ0v) is 10.9. The molecule has 0 bridgehead atoms. The van der Waals surface area contributed by atoms with E-state index in [1.54, 1.807) is 0 Å². The van der Waals surface area contributed by atoms with E-state index in [1.165, 1.54) is 19.9 Å². The average Bonchev–Trinajstić information content (AvgIpc) is 2.37. The van der Waals surface area contributed by atoms with Crippen LogP contribution in [-0.4, -0.2) is 5.78 Å². The van der Waals surface area contributed by atoms with Gasteiger partial charge in [0.25, 0.3) is 0 Å². The van der Waals surface area contributed by atoms with Crippen molar-refractivity contribution in [2.45, 2.75) is 13.8 Å². The molecule has 0 unspecified atom stereocenters. The Balaban J connectivity index is 2.60. The fourth-order valence-electron chi connectivity index (χ4n) is 1.93. The molecular formula is C15H12F3NO. The summed E-state index contributed by atoms with van der Waals surface area (Å²) in [6.45, 7) is 2.81. The molecule has 0 atom stereocenters. The monoisotopic (exact) mass is 279 g/mol. The van der Waals surface area contributed by atoms with Crippen molar-refractivity contribution in [3.8, 4) is 0 Å². The topological polar surface area (TPSA) is 43.1 Å². The summed E-state index contributed by atoms with van der Waals surface area (Å²) in [5, 5.41) is 0. The summed E-state index contributed by atoms with van der Waals surface area (Å²) in [5.41, 5.74) is 5.08. The van der Waals surface area contributed by atoms with Crippen LogP contribution in [-0.2, 0) is 0 Å². The maximum atomic E-state index is 13.9. The minimum absolute atomic E-state index is 0.0725. The number of nitrogen functional groups attached to an aromatic ring is 1. The predicted molar refractivity (Wildman–Crippen MR) is 70.1 cm³/mol. The van der Waals surface area contributed by atoms with E-state index in [0.717, 1.165) is 18.2 Å². The van der Waals surface area contributed by atoms with Crippen molar-refractivity contribution >= 4 is 11.5 Å². The van der Waals surface area contributed by atoms with Gasteiger partial charge in [-0.3, -0.25) is 4.79 Å². The molecule has 2 rings (SSSR count). The normalized spacial score (nSPS) is 10.7. The van der Waals surface area contributed by atoms with Crippen LogP contribution in [0.15, 0.2) is 24.3 Å². The molecule has 0 aliphatic rings. The van der Waals surface area contributed by atoms with E-state index >= 15 is 0 Å². The van der Waals surface area contributed by atoms with Crippen LogP contribution in [0.4, 0.5) is 18.9 Å². The van der Waals surface area contributed by atoms with Crippen LogP contribution in [0.5, 0.6) is 0 Å². The van der Waals surface area contributed by atoms with Gasteiger partial charge >= 0.3 is 0 Å². The average molecular weight is 279 g/mol. The van der Waals surface area contributed by atoms with E-state index in [0.29, 0.717) is 0 Å². The van der Waals surface area contributed by atoms with Crippen molar-refractivity contribution < 1.29 is 18.0 Å². The quantitative estimate of drug-likeness (QED) is 0.675. The molecule has 20 heavy (non-hydrogen) atoms. The Morgan fingerprint density at radius 2 is 1.55 bits per heavy atom. The van der Waals surface area contributed by atoms with Crippen LogP contribution >= 0.6 is 0 Å². The van der Waals surface area contributed by atoms with Gasteiger partial charge in [-0.1, -0.05) is 0 Å². The molecule has 0 amide bonds. The summed E-state index contributed by atoms with van der Waals surface area (Å²) in [4.78, 5) is 12.2. The molecule has 0 spiro atoms. The molecule has 5 heteroatoms. The summed E-state index contributed by atoms with van der Waals surface area (Å²) < 4.78 is 41.2. The molecule has 2 N–H and O–H groups in total. The summed E-state index contributed by atoms with van der Waals surface area (Å²) in [6, 6.07) is 4.14. The van der Waals surface area contributed by atoms with Crippen LogP contribution in [0.2, 0.25) is 0 Å². The smallest absolute Gasteiger partial charge is 0.199 e. The molecular weight excluding hydrogens is 267 g/mol. The number of hydrogen-bond acceptors (Lipinski definition) is 2. The second kappa shape index (κ2) is 5.00. The third-order valence-corrected chi connectivity index (χ3v) is 3.01. The third-order valence-electron chi connectivity index (χ3n) is 3.01. The Labute approximate surface area is 114 Å². The minimum atomic E-state index is -0.936. The highest BCUT2D eigenvalue weighted by Crippen LogP contribution is 2.23. The first-order valence-electron chi connectivity index (χ1n) is 5.87. The highest BCUT2D eigenvalue weighted by Gasteiger charge is 2.21. The van der Waals surface area contributed by atoms with Crippen LogP contribution < -0.4 is 5.73 Å². The highest BCUT2D eigenvalue weighted by atomic mass is 19.1. The summed E-state index contributed by atoms with van der Waals surface area (Å²) in [5.74, 6) is -3.34. The fraction of sp³-hybridized carbons (Fsp3) is 0.133. The number of carbonyl (C=O) groups is 1. The molecule has 0 aliphatic carbocycles. The minimum Gasteiger partial charge on any atom is -0.399 e. The van der Waals surface area contributed by atoms with Crippen molar-refractivity contribution in [2.75, 3.05) is 5.73 Å². The molecule has 2 aromatic rings. The fourth-order valence-corrected chi connectivity index (χ4v) is 1.93. The van der Waals surface area contributed by atoms with Crippen molar-refractivity contribution in [3.05, 3.63) is 64.0 Å². The zero-order valence-electron chi connectivity index (χ0n) is 10.9. The lowest BCUT2D eigenvalue weighted by molar-refractivity contribution is 0.103. The molecule has 2 aromatic carbocycles. The van der Waals surface area contributed by atoms with Crippen LogP contribution in [0.1, 0.15) is 27.0 Å². The zero-order chi connectivity index (χ0) is 15.0. The van der Waals surface area contributed by atoms with Gasteiger partial charge in [0.2, 0.25) is 0 Å². The standard InChI is InChI=1S/C15H12F3NO/c1-7-4-13(17)10(6-12(7)16)15(20)11-5-9(19)3-8(2)14(11)18/h3-6H,19H2,1-2H3. The number of benzene rings is 2. The SMILES string of the molecule is Cc1cc(F)c(C(=O)c2cc(N)cc(C)c2F)cc1F. The first-order chi connectivity index (χ1) is 9.31. The van der Waals surface area contributed by atoms with Crippen LogP contribution in [0.3, 0.4) is 0 Å². The number of rotatable bonds is 2. The summed E-state index contributed by atoms with van der Waals surface area (Å²) in [7, 11) is 0. The Kier molecular flexibility index (Phi) is 3.53. The molecule has 104 valence electrons. The van der Waals surface area contributed by atoms with Gasteiger partial charge in [-0.15, -0.1) is 0 Å². The van der Waals surface area contributed by atoms with Crippen molar-refractivity contribution in [1.29, 1.82) is 0 Å². The molecule has 0 saturated heterocycles. The van der Waals surface area contributed by atoms with Gasteiger partial charge in [0.05, 0.1) is 11.1 Å². The Morgan fingerprint density at radius 1 is 0.900 bits per heavy atom. The number of halogens is 3. The second-order valence-electron chi connectivity index (χ2n) is 4.61. The molecule has 0 aliphatic heterocycles. The Hall–Kier alpha value is -2.30. The first kappa shape index (κ1) is 14.1. The largest absolute Gasteiger partial charge is 0.399 e. The van der Waals surface area contributed by atoms with Crippen molar-refractivity contribution in [1.82, 2.24) is 0 Å². The lowest BCUT2D eigenvalue weighted by Crippen LogP contribution is -2.10. The van der Waals surface area contributed by atoms with Crippen LogP contribution in [0, 0.1) is 31.3 Å². The lowest BCUT2D eigenvalue weighted by atomic mass is 9.98. The van der Waals surface area contributed by atoms with Gasteiger partial charge in [-0.2, -0.15) is 0 Å². The maximum absolute atomic E-state index is 13.9. The number of hydrogen-bond donors (Lipinski definition) is 1. The van der Waals surface area contributed by atoms with Crippen LogP contribution in [0.25, 0.3) is 0 Å². The van der Waals surface area contributed by atoms with Gasteiger partial charge in [-0.25, -0.2) is 13.2 Å². The van der Waals surface area contributed by atoms with Gasteiger partial charge in [0.15, 0.2) is 5.78 Å². The molecule has 0 aromatic heterocycles. The molecule has 0 saturated carbocycles. The van der Waals surface area contributed by atoms with Gasteiger partial charge < -0.3 is 5.73 Å². The number of aryl methyl sites for hydroxylation is 2. The Bertz CT molecular complexity index is 711. The van der Waals surface area contributed by atoms with Gasteiger partial charge in [0.1, 0.15) is 17.5 Å². The van der Waals surface area contributed by atoms with E-state index in [1.807, 2.05) is 0 Å². The van der Waals surface area contributed by atoms with E-state index in [4.69, 9.17) is 5.73 Å². The Morgan fingerprint density at radius 3 is 2.20 bits per heavy atom.